The molecular weight excluding hydrogens is 286 g/mol. The molecule has 0 aliphatic carbocycles. The molecule has 0 atom stereocenters. The quantitative estimate of drug-likeness (QED) is 0.865. The summed E-state index contributed by atoms with van der Waals surface area (Å²) in [5, 5.41) is 2.96. The number of nitrogens with two attached hydrogens (primary N) is 1. The molecule has 0 radical (unpaired) electrons. The fourth-order valence-electron chi connectivity index (χ4n) is 1.74. The number of likely N-dealkylation sites (tertiary alicyclic amines) is 1. The van der Waals surface area contributed by atoms with Gasteiger partial charge in [0, 0.05) is 13.1 Å². The van der Waals surface area contributed by atoms with Crippen LogP contribution in [-0.4, -0.2) is 40.4 Å². The number of carbonyl (C=O) groups excluding carboxylic acids is 1. The third kappa shape index (κ3) is 2.85. The van der Waals surface area contributed by atoms with E-state index in [2.05, 4.69) is 31.2 Å². The molecule has 1 amide bonds. The van der Waals surface area contributed by atoms with Gasteiger partial charge in [-0.05, 0) is 28.8 Å². The molecule has 1 fully saturated rings. The zero-order valence-electron chi connectivity index (χ0n) is 9.32. The van der Waals surface area contributed by atoms with E-state index in [-0.39, 0.29) is 12.5 Å². The maximum atomic E-state index is 11.8. The molecule has 0 aromatic carbocycles. The molecule has 92 valence electrons. The highest BCUT2D eigenvalue weighted by Gasteiger charge is 2.17. The largest absolute Gasteiger partial charge is 0.383 e. The summed E-state index contributed by atoms with van der Waals surface area (Å²) in [5.41, 5.74) is 5.62. The standard InChI is InChI=1S/C10H14BrN5O/c11-8-9(12)14-6-15-10(8)13-5-7(17)16-3-1-2-4-16/h6H,1-5H2,(H3,12,13,14,15). The van der Waals surface area contributed by atoms with Gasteiger partial charge in [-0.1, -0.05) is 0 Å². The van der Waals surface area contributed by atoms with Crippen molar-refractivity contribution >= 4 is 33.5 Å². The first-order valence-corrected chi connectivity index (χ1v) is 6.25. The molecule has 2 heterocycles. The fourth-order valence-corrected chi connectivity index (χ4v) is 2.09. The first-order chi connectivity index (χ1) is 8.18. The molecular formula is C10H14BrN5O. The lowest BCUT2D eigenvalue weighted by atomic mass is 10.4. The Bertz CT molecular complexity index is 419. The second-order valence-corrected chi connectivity index (χ2v) is 4.66. The maximum Gasteiger partial charge on any atom is 0.241 e. The molecule has 17 heavy (non-hydrogen) atoms. The van der Waals surface area contributed by atoms with E-state index < -0.39 is 0 Å². The SMILES string of the molecule is Nc1ncnc(NCC(=O)N2CCCC2)c1Br. The molecule has 1 aliphatic rings. The van der Waals surface area contributed by atoms with Gasteiger partial charge in [0.15, 0.2) is 0 Å². The van der Waals surface area contributed by atoms with Crippen molar-refractivity contribution in [2.75, 3.05) is 30.7 Å². The number of nitrogen functional groups attached to an aromatic ring is 1. The van der Waals surface area contributed by atoms with E-state index in [4.69, 9.17) is 5.73 Å². The molecule has 7 heteroatoms. The van der Waals surface area contributed by atoms with Gasteiger partial charge < -0.3 is 16.0 Å². The molecule has 1 saturated heterocycles. The van der Waals surface area contributed by atoms with E-state index in [1.807, 2.05) is 4.90 Å². The normalized spacial score (nSPS) is 15.0. The van der Waals surface area contributed by atoms with Gasteiger partial charge >= 0.3 is 0 Å². The summed E-state index contributed by atoms with van der Waals surface area (Å²) in [6.07, 6.45) is 3.55. The lowest BCUT2D eigenvalue weighted by Crippen LogP contribution is -2.33. The molecule has 1 aromatic heterocycles. The van der Waals surface area contributed by atoms with Crippen molar-refractivity contribution in [2.45, 2.75) is 12.8 Å². The van der Waals surface area contributed by atoms with Crippen LogP contribution in [0.3, 0.4) is 0 Å². The van der Waals surface area contributed by atoms with Gasteiger partial charge in [-0.3, -0.25) is 4.79 Å². The Kier molecular flexibility index (Phi) is 3.78. The summed E-state index contributed by atoms with van der Waals surface area (Å²) in [6.45, 7) is 1.94. The van der Waals surface area contributed by atoms with Crippen LogP contribution in [0, 0.1) is 0 Å². The van der Waals surface area contributed by atoms with Gasteiger partial charge in [-0.25, -0.2) is 9.97 Å². The van der Waals surface area contributed by atoms with Crippen LogP contribution in [0.2, 0.25) is 0 Å². The van der Waals surface area contributed by atoms with Crippen molar-refractivity contribution in [2.24, 2.45) is 0 Å². The maximum absolute atomic E-state index is 11.8. The van der Waals surface area contributed by atoms with Crippen molar-refractivity contribution in [1.29, 1.82) is 0 Å². The van der Waals surface area contributed by atoms with Gasteiger partial charge in [-0.15, -0.1) is 0 Å². The van der Waals surface area contributed by atoms with Crippen LogP contribution in [0.4, 0.5) is 11.6 Å². The topological polar surface area (TPSA) is 84.1 Å². The Morgan fingerprint density at radius 1 is 1.47 bits per heavy atom. The highest BCUT2D eigenvalue weighted by molar-refractivity contribution is 9.10. The number of hydrogen-bond acceptors (Lipinski definition) is 5. The van der Waals surface area contributed by atoms with Crippen molar-refractivity contribution in [1.82, 2.24) is 14.9 Å². The van der Waals surface area contributed by atoms with Crippen LogP contribution < -0.4 is 11.1 Å². The minimum Gasteiger partial charge on any atom is -0.383 e. The van der Waals surface area contributed by atoms with Crippen LogP contribution in [0.5, 0.6) is 0 Å². The van der Waals surface area contributed by atoms with Crippen molar-refractivity contribution in [3.8, 4) is 0 Å². The Morgan fingerprint density at radius 2 is 2.18 bits per heavy atom. The number of nitrogens with zero attached hydrogens (tertiary/aromatic N) is 3. The van der Waals surface area contributed by atoms with E-state index in [1.165, 1.54) is 6.33 Å². The number of hydrogen-bond donors (Lipinski definition) is 2. The molecule has 3 N–H and O–H groups in total. The summed E-state index contributed by atoms with van der Waals surface area (Å²) >= 11 is 3.28. The van der Waals surface area contributed by atoms with E-state index in [9.17, 15) is 4.79 Å². The van der Waals surface area contributed by atoms with E-state index >= 15 is 0 Å². The summed E-state index contributed by atoms with van der Waals surface area (Å²) in [6, 6.07) is 0. The predicted molar refractivity (Wildman–Crippen MR) is 68.4 cm³/mol. The molecule has 0 unspecified atom stereocenters. The first-order valence-electron chi connectivity index (χ1n) is 5.46. The van der Waals surface area contributed by atoms with Crippen molar-refractivity contribution in [3.05, 3.63) is 10.8 Å². The van der Waals surface area contributed by atoms with Crippen LogP contribution in [0.15, 0.2) is 10.8 Å². The number of anilines is 2. The molecule has 0 spiro atoms. The molecule has 2 rings (SSSR count). The lowest BCUT2D eigenvalue weighted by Gasteiger charge is -2.16. The Morgan fingerprint density at radius 3 is 2.88 bits per heavy atom. The number of nitrogens with one attached hydrogen (secondary N) is 1. The zero-order valence-corrected chi connectivity index (χ0v) is 10.9. The number of halogens is 1. The number of rotatable bonds is 3. The number of carbonyl (C=O) groups is 1. The fraction of sp³-hybridized carbons (Fsp3) is 0.500. The second-order valence-electron chi connectivity index (χ2n) is 3.86. The van der Waals surface area contributed by atoms with Gasteiger partial charge in [0.2, 0.25) is 5.91 Å². The minimum atomic E-state index is 0.0894. The van der Waals surface area contributed by atoms with E-state index in [0.717, 1.165) is 25.9 Å². The molecule has 6 nitrogen and oxygen atoms in total. The monoisotopic (exact) mass is 299 g/mol. The third-order valence-electron chi connectivity index (χ3n) is 2.68. The average molecular weight is 300 g/mol. The Labute approximate surface area is 108 Å². The van der Waals surface area contributed by atoms with Gasteiger partial charge in [-0.2, -0.15) is 0 Å². The molecule has 1 aromatic rings. The van der Waals surface area contributed by atoms with Crippen LogP contribution in [-0.2, 0) is 4.79 Å². The molecule has 1 aliphatic heterocycles. The highest BCUT2D eigenvalue weighted by Crippen LogP contribution is 2.23. The van der Waals surface area contributed by atoms with Crippen LogP contribution in [0.25, 0.3) is 0 Å². The molecule has 0 saturated carbocycles. The summed E-state index contributed by atoms with van der Waals surface area (Å²) < 4.78 is 0.592. The smallest absolute Gasteiger partial charge is 0.241 e. The Balaban J connectivity index is 1.93. The summed E-state index contributed by atoms with van der Waals surface area (Å²) in [5.74, 6) is 0.993. The van der Waals surface area contributed by atoms with E-state index in [1.54, 1.807) is 0 Å². The van der Waals surface area contributed by atoms with Crippen LogP contribution in [0.1, 0.15) is 12.8 Å². The van der Waals surface area contributed by atoms with Gasteiger partial charge in [0.05, 0.1) is 6.54 Å². The van der Waals surface area contributed by atoms with E-state index in [0.29, 0.717) is 16.1 Å². The van der Waals surface area contributed by atoms with Gasteiger partial charge in [0.25, 0.3) is 0 Å². The number of aromatic nitrogens is 2. The minimum absolute atomic E-state index is 0.0894. The van der Waals surface area contributed by atoms with Crippen molar-refractivity contribution in [3.63, 3.8) is 0 Å². The van der Waals surface area contributed by atoms with Gasteiger partial charge in [0.1, 0.15) is 22.4 Å². The number of amides is 1. The Hall–Kier alpha value is -1.37. The van der Waals surface area contributed by atoms with Crippen LogP contribution >= 0.6 is 15.9 Å². The zero-order chi connectivity index (χ0) is 12.3. The third-order valence-corrected chi connectivity index (χ3v) is 3.46. The predicted octanol–water partition coefficient (Wildman–Crippen LogP) is 0.856. The average Bonchev–Trinajstić information content (AvgIpc) is 2.84. The highest BCUT2D eigenvalue weighted by atomic mass is 79.9. The first kappa shape index (κ1) is 12.1. The summed E-state index contributed by atoms with van der Waals surface area (Å²) in [4.78, 5) is 21.5. The lowest BCUT2D eigenvalue weighted by molar-refractivity contribution is -0.128. The second kappa shape index (κ2) is 5.31. The molecule has 0 bridgehead atoms. The summed E-state index contributed by atoms with van der Waals surface area (Å²) in [7, 11) is 0. The van der Waals surface area contributed by atoms with Crippen molar-refractivity contribution < 1.29 is 4.79 Å².